The molecule has 18 heavy (non-hydrogen) atoms. The minimum absolute atomic E-state index is 0.0833. The number of carboxylic acids is 1. The number of hydrogen-bond donors (Lipinski definition) is 1. The molecule has 1 fully saturated rings. The summed E-state index contributed by atoms with van der Waals surface area (Å²) >= 11 is 0. The highest BCUT2D eigenvalue weighted by Crippen LogP contribution is 2.24. The maximum Gasteiger partial charge on any atom is 0.308 e. The number of carbonyl (C=O) groups excluding carboxylic acids is 1. The number of carboxylic acid groups (broad SMARTS) is 1. The maximum atomic E-state index is 13.0. The van der Waals surface area contributed by atoms with Crippen LogP contribution in [0.15, 0.2) is 24.3 Å². The monoisotopic (exact) mass is 251 g/mol. The van der Waals surface area contributed by atoms with E-state index in [4.69, 9.17) is 5.11 Å². The van der Waals surface area contributed by atoms with Gasteiger partial charge in [0, 0.05) is 18.7 Å². The lowest BCUT2D eigenvalue weighted by Gasteiger charge is -2.15. The predicted molar refractivity (Wildman–Crippen MR) is 62.6 cm³/mol. The zero-order chi connectivity index (χ0) is 13.3. The number of rotatable bonds is 2. The number of carbonyl (C=O) groups is 2. The average molecular weight is 251 g/mol. The van der Waals surface area contributed by atoms with Gasteiger partial charge in [-0.15, -0.1) is 0 Å². The topological polar surface area (TPSA) is 57.6 Å². The van der Waals surface area contributed by atoms with Crippen LogP contribution in [0.3, 0.4) is 0 Å². The van der Waals surface area contributed by atoms with Crippen molar-refractivity contribution in [2.24, 2.45) is 11.8 Å². The van der Waals surface area contributed by atoms with Gasteiger partial charge in [-0.25, -0.2) is 4.39 Å². The van der Waals surface area contributed by atoms with Crippen molar-refractivity contribution < 1.29 is 19.1 Å². The molecule has 1 aliphatic rings. The van der Waals surface area contributed by atoms with E-state index >= 15 is 0 Å². The van der Waals surface area contributed by atoms with E-state index < -0.39 is 17.7 Å². The molecule has 5 heteroatoms. The van der Waals surface area contributed by atoms with Crippen LogP contribution in [0.4, 0.5) is 4.39 Å². The fourth-order valence-electron chi connectivity index (χ4n) is 2.26. The van der Waals surface area contributed by atoms with Crippen LogP contribution in [-0.2, 0) is 4.79 Å². The van der Waals surface area contributed by atoms with Gasteiger partial charge >= 0.3 is 5.97 Å². The molecule has 1 aromatic carbocycles. The first-order chi connectivity index (χ1) is 8.49. The highest BCUT2D eigenvalue weighted by atomic mass is 19.1. The van der Waals surface area contributed by atoms with Crippen LogP contribution in [-0.4, -0.2) is 35.0 Å². The molecule has 1 heterocycles. The van der Waals surface area contributed by atoms with E-state index in [2.05, 4.69) is 0 Å². The lowest BCUT2D eigenvalue weighted by molar-refractivity contribution is -0.142. The molecule has 0 spiro atoms. The molecule has 0 saturated carbocycles. The Morgan fingerprint density at radius 1 is 1.39 bits per heavy atom. The number of likely N-dealkylation sites (tertiary alicyclic amines) is 1. The molecule has 2 unspecified atom stereocenters. The minimum Gasteiger partial charge on any atom is -0.481 e. The van der Waals surface area contributed by atoms with Crippen LogP contribution in [0.1, 0.15) is 17.3 Å². The Hall–Kier alpha value is -1.91. The summed E-state index contributed by atoms with van der Waals surface area (Å²) < 4.78 is 13.0. The number of amides is 1. The third-order valence-corrected chi connectivity index (χ3v) is 3.29. The first kappa shape index (κ1) is 12.5. The van der Waals surface area contributed by atoms with Crippen molar-refractivity contribution in [2.75, 3.05) is 13.1 Å². The molecule has 1 aromatic rings. The summed E-state index contributed by atoms with van der Waals surface area (Å²) in [5.74, 6) is -2.30. The summed E-state index contributed by atoms with van der Waals surface area (Å²) in [6.45, 7) is 2.38. The van der Waals surface area contributed by atoms with Crippen LogP contribution < -0.4 is 0 Å². The van der Waals surface area contributed by atoms with Crippen molar-refractivity contribution in [3.8, 4) is 0 Å². The van der Waals surface area contributed by atoms with Gasteiger partial charge in [0.05, 0.1) is 5.92 Å². The van der Waals surface area contributed by atoms with Gasteiger partial charge in [0.25, 0.3) is 5.91 Å². The molecule has 0 bridgehead atoms. The Morgan fingerprint density at radius 3 is 2.67 bits per heavy atom. The van der Waals surface area contributed by atoms with Crippen LogP contribution in [0.2, 0.25) is 0 Å². The first-order valence-corrected chi connectivity index (χ1v) is 5.76. The molecule has 1 saturated heterocycles. The molecule has 1 N–H and O–H groups in total. The van der Waals surface area contributed by atoms with E-state index in [0.29, 0.717) is 6.54 Å². The predicted octanol–water partition coefficient (Wildman–Crippen LogP) is 1.62. The zero-order valence-electron chi connectivity index (χ0n) is 9.97. The second kappa shape index (κ2) is 4.76. The largest absolute Gasteiger partial charge is 0.481 e. The van der Waals surface area contributed by atoms with Gasteiger partial charge in [-0.05, 0) is 24.1 Å². The van der Waals surface area contributed by atoms with Gasteiger partial charge in [-0.2, -0.15) is 0 Å². The number of nitrogens with zero attached hydrogens (tertiary/aromatic N) is 1. The van der Waals surface area contributed by atoms with Gasteiger partial charge < -0.3 is 10.0 Å². The van der Waals surface area contributed by atoms with Crippen molar-refractivity contribution in [1.29, 1.82) is 0 Å². The molecule has 1 amide bonds. The van der Waals surface area contributed by atoms with Crippen LogP contribution in [0.25, 0.3) is 0 Å². The molecule has 0 aliphatic carbocycles. The lowest BCUT2D eigenvalue weighted by Crippen LogP contribution is -2.29. The fraction of sp³-hybridized carbons (Fsp3) is 0.385. The highest BCUT2D eigenvalue weighted by Gasteiger charge is 2.37. The number of benzene rings is 1. The van der Waals surface area contributed by atoms with Gasteiger partial charge in [0.1, 0.15) is 5.82 Å². The average Bonchev–Trinajstić information content (AvgIpc) is 2.70. The van der Waals surface area contributed by atoms with Crippen molar-refractivity contribution in [2.45, 2.75) is 6.92 Å². The number of halogens is 1. The van der Waals surface area contributed by atoms with Gasteiger partial charge in [-0.1, -0.05) is 13.0 Å². The molecular weight excluding hydrogens is 237 g/mol. The third kappa shape index (κ3) is 2.34. The first-order valence-electron chi connectivity index (χ1n) is 5.76. The molecule has 2 atom stereocenters. The van der Waals surface area contributed by atoms with E-state index in [9.17, 15) is 14.0 Å². The van der Waals surface area contributed by atoms with E-state index in [0.717, 1.165) is 0 Å². The molecule has 2 rings (SSSR count). The molecule has 0 aromatic heterocycles. The van der Waals surface area contributed by atoms with E-state index in [1.165, 1.54) is 29.2 Å². The van der Waals surface area contributed by atoms with Crippen LogP contribution in [0, 0.1) is 17.7 Å². The van der Waals surface area contributed by atoms with E-state index in [1.54, 1.807) is 6.92 Å². The van der Waals surface area contributed by atoms with Crippen molar-refractivity contribution in [3.63, 3.8) is 0 Å². The van der Waals surface area contributed by atoms with E-state index in [-0.39, 0.29) is 23.9 Å². The maximum absolute atomic E-state index is 13.0. The van der Waals surface area contributed by atoms with Gasteiger partial charge in [0.2, 0.25) is 0 Å². The second-order valence-corrected chi connectivity index (χ2v) is 4.64. The SMILES string of the molecule is CC1CN(C(=O)c2cccc(F)c2)CC1C(=O)O. The fourth-order valence-corrected chi connectivity index (χ4v) is 2.26. The van der Waals surface area contributed by atoms with Crippen molar-refractivity contribution in [1.82, 2.24) is 4.90 Å². The Balaban J connectivity index is 2.14. The normalized spacial score (nSPS) is 23.1. The molecule has 96 valence electrons. The highest BCUT2D eigenvalue weighted by molar-refractivity contribution is 5.94. The zero-order valence-corrected chi connectivity index (χ0v) is 9.97. The third-order valence-electron chi connectivity index (χ3n) is 3.29. The summed E-state index contributed by atoms with van der Waals surface area (Å²) in [5, 5.41) is 9.00. The van der Waals surface area contributed by atoms with Crippen molar-refractivity contribution in [3.05, 3.63) is 35.6 Å². The Labute approximate surface area is 104 Å². The van der Waals surface area contributed by atoms with Gasteiger partial charge in [-0.3, -0.25) is 9.59 Å². The summed E-state index contributed by atoms with van der Waals surface area (Å²) in [5.41, 5.74) is 0.258. The second-order valence-electron chi connectivity index (χ2n) is 4.64. The number of aliphatic carboxylic acids is 1. The lowest BCUT2D eigenvalue weighted by atomic mass is 9.99. The Morgan fingerprint density at radius 2 is 2.11 bits per heavy atom. The quantitative estimate of drug-likeness (QED) is 0.868. The minimum atomic E-state index is -0.892. The van der Waals surface area contributed by atoms with Crippen LogP contribution in [0.5, 0.6) is 0 Å². The molecule has 1 aliphatic heterocycles. The summed E-state index contributed by atoms with van der Waals surface area (Å²) in [4.78, 5) is 24.5. The number of hydrogen-bond acceptors (Lipinski definition) is 2. The van der Waals surface area contributed by atoms with Gasteiger partial charge in [0.15, 0.2) is 0 Å². The molecular formula is C13H14FNO3. The summed E-state index contributed by atoms with van der Waals surface area (Å²) in [6, 6.07) is 5.44. The summed E-state index contributed by atoms with van der Waals surface area (Å²) in [6.07, 6.45) is 0. The smallest absolute Gasteiger partial charge is 0.308 e. The molecule has 0 radical (unpaired) electrons. The molecule has 4 nitrogen and oxygen atoms in total. The standard InChI is InChI=1S/C13H14FNO3/c1-8-6-15(7-11(8)13(17)18)12(16)9-3-2-4-10(14)5-9/h2-5,8,11H,6-7H2,1H3,(H,17,18). The van der Waals surface area contributed by atoms with Crippen LogP contribution >= 0.6 is 0 Å². The van der Waals surface area contributed by atoms with E-state index in [1.807, 2.05) is 0 Å². The Kier molecular flexibility index (Phi) is 3.32. The van der Waals surface area contributed by atoms with Crippen molar-refractivity contribution >= 4 is 11.9 Å². The summed E-state index contributed by atoms with van der Waals surface area (Å²) in [7, 11) is 0. The Bertz CT molecular complexity index is 489.